The average molecular weight is 264 g/mol. The van der Waals surface area contributed by atoms with E-state index in [9.17, 15) is 9.59 Å². The van der Waals surface area contributed by atoms with Crippen molar-refractivity contribution in [3.05, 3.63) is 0 Å². The van der Waals surface area contributed by atoms with Gasteiger partial charge in [0.2, 0.25) is 0 Å². The van der Waals surface area contributed by atoms with Gasteiger partial charge in [0.1, 0.15) is 5.78 Å². The maximum absolute atomic E-state index is 12.1. The Morgan fingerprint density at radius 2 is 1.79 bits per heavy atom. The van der Waals surface area contributed by atoms with Crippen molar-refractivity contribution < 1.29 is 14.3 Å². The van der Waals surface area contributed by atoms with E-state index in [-0.39, 0.29) is 23.2 Å². The van der Waals surface area contributed by atoms with Crippen LogP contribution in [-0.4, -0.2) is 18.4 Å². The van der Waals surface area contributed by atoms with Crippen LogP contribution < -0.4 is 0 Å². The summed E-state index contributed by atoms with van der Waals surface area (Å²) in [7, 11) is 0. The lowest BCUT2D eigenvalue weighted by Gasteiger charge is -2.55. The van der Waals surface area contributed by atoms with Crippen molar-refractivity contribution in [2.24, 2.45) is 28.6 Å². The molecule has 0 heterocycles. The van der Waals surface area contributed by atoms with E-state index >= 15 is 0 Å². The first-order valence-corrected chi connectivity index (χ1v) is 7.50. The summed E-state index contributed by atoms with van der Waals surface area (Å²) in [6, 6.07) is 0. The fourth-order valence-corrected chi connectivity index (χ4v) is 4.52. The Morgan fingerprint density at radius 3 is 2.32 bits per heavy atom. The molecule has 0 spiro atoms. The van der Waals surface area contributed by atoms with Crippen molar-refractivity contribution in [2.45, 2.75) is 52.9 Å². The molecule has 3 heteroatoms. The molecular formula is C16H24O3. The van der Waals surface area contributed by atoms with E-state index in [1.54, 1.807) is 0 Å². The standard InChI is InChI=1S/C16H24O3/c1-15(2,3)14(18)19-9-16-6-10-4-11(7-16)13(17)12(5-10)8-16/h10-12H,4-9H2,1-3H3. The zero-order valence-electron chi connectivity index (χ0n) is 12.2. The van der Waals surface area contributed by atoms with Crippen LogP contribution in [-0.2, 0) is 14.3 Å². The highest BCUT2D eigenvalue weighted by Gasteiger charge is 2.55. The summed E-state index contributed by atoms with van der Waals surface area (Å²) in [6.45, 7) is 6.19. The first-order chi connectivity index (χ1) is 8.79. The summed E-state index contributed by atoms with van der Waals surface area (Å²) >= 11 is 0. The van der Waals surface area contributed by atoms with Gasteiger partial charge in [0.25, 0.3) is 0 Å². The number of hydrogen-bond acceptors (Lipinski definition) is 3. The molecule has 4 saturated carbocycles. The molecule has 0 aromatic heterocycles. The monoisotopic (exact) mass is 264 g/mol. The van der Waals surface area contributed by atoms with Gasteiger partial charge < -0.3 is 4.74 Å². The SMILES string of the molecule is CC(C)(C)C(=O)OCC12CC3CC(C1)C(=O)C(C3)C2. The number of ether oxygens (including phenoxy) is 1. The highest BCUT2D eigenvalue weighted by molar-refractivity contribution is 5.85. The molecule has 4 rings (SSSR count). The topological polar surface area (TPSA) is 43.4 Å². The van der Waals surface area contributed by atoms with E-state index in [2.05, 4.69) is 0 Å². The van der Waals surface area contributed by atoms with E-state index in [1.165, 1.54) is 0 Å². The molecule has 2 atom stereocenters. The highest BCUT2D eigenvalue weighted by atomic mass is 16.5. The molecule has 3 nitrogen and oxygen atoms in total. The van der Waals surface area contributed by atoms with Gasteiger partial charge in [-0.15, -0.1) is 0 Å². The molecule has 0 saturated heterocycles. The maximum atomic E-state index is 12.1. The van der Waals surface area contributed by atoms with Gasteiger partial charge in [-0.2, -0.15) is 0 Å². The van der Waals surface area contributed by atoms with E-state index in [4.69, 9.17) is 4.74 Å². The largest absolute Gasteiger partial charge is 0.465 e. The lowest BCUT2D eigenvalue weighted by atomic mass is 9.49. The second kappa shape index (κ2) is 4.07. The minimum atomic E-state index is -0.432. The third kappa shape index (κ3) is 2.21. The van der Waals surface area contributed by atoms with Crippen LogP contribution in [0.3, 0.4) is 0 Å². The molecular weight excluding hydrogens is 240 g/mol. The second-order valence-corrected chi connectivity index (χ2v) is 8.07. The molecule has 4 fully saturated rings. The smallest absolute Gasteiger partial charge is 0.311 e. The molecule has 0 amide bonds. The van der Waals surface area contributed by atoms with E-state index in [0.29, 0.717) is 18.3 Å². The molecule has 4 aliphatic carbocycles. The van der Waals surface area contributed by atoms with Crippen LogP contribution >= 0.6 is 0 Å². The third-order valence-corrected chi connectivity index (χ3v) is 5.24. The van der Waals surface area contributed by atoms with Crippen LogP contribution in [0.15, 0.2) is 0 Å². The third-order valence-electron chi connectivity index (χ3n) is 5.24. The molecule has 19 heavy (non-hydrogen) atoms. The van der Waals surface area contributed by atoms with Crippen LogP contribution in [0, 0.1) is 28.6 Å². The quantitative estimate of drug-likeness (QED) is 0.720. The van der Waals surface area contributed by atoms with Gasteiger partial charge in [0.15, 0.2) is 0 Å². The Bertz CT molecular complexity index is 400. The van der Waals surface area contributed by atoms with Crippen LogP contribution in [0.25, 0.3) is 0 Å². The van der Waals surface area contributed by atoms with Crippen molar-refractivity contribution in [1.29, 1.82) is 0 Å². The van der Waals surface area contributed by atoms with Crippen molar-refractivity contribution in [3.63, 3.8) is 0 Å². The molecule has 106 valence electrons. The first kappa shape index (κ1) is 13.1. The fraction of sp³-hybridized carbons (Fsp3) is 0.875. The van der Waals surface area contributed by atoms with Crippen LogP contribution in [0.2, 0.25) is 0 Å². The Balaban J connectivity index is 1.68. The van der Waals surface area contributed by atoms with Gasteiger partial charge in [-0.05, 0) is 58.8 Å². The van der Waals surface area contributed by atoms with Crippen molar-refractivity contribution in [2.75, 3.05) is 6.61 Å². The number of carbonyl (C=O) groups is 2. The van der Waals surface area contributed by atoms with Gasteiger partial charge in [-0.1, -0.05) is 0 Å². The Hall–Kier alpha value is -0.860. The molecule has 0 N–H and O–H groups in total. The average Bonchev–Trinajstić information content (AvgIpc) is 2.30. The molecule has 4 bridgehead atoms. The molecule has 0 aromatic rings. The van der Waals surface area contributed by atoms with Gasteiger partial charge in [0.05, 0.1) is 12.0 Å². The number of hydrogen-bond donors (Lipinski definition) is 0. The number of carbonyl (C=O) groups excluding carboxylic acids is 2. The van der Waals surface area contributed by atoms with E-state index in [0.717, 1.165) is 32.1 Å². The summed E-state index contributed by atoms with van der Waals surface area (Å²) in [6.07, 6.45) is 5.24. The molecule has 2 unspecified atom stereocenters. The number of Topliss-reactive ketones (excluding diaryl/α,β-unsaturated/α-hetero) is 1. The molecule has 4 aliphatic rings. The number of rotatable bonds is 2. The lowest BCUT2D eigenvalue weighted by Crippen LogP contribution is -2.53. The minimum Gasteiger partial charge on any atom is -0.465 e. The van der Waals surface area contributed by atoms with Crippen LogP contribution in [0.5, 0.6) is 0 Å². The first-order valence-electron chi connectivity index (χ1n) is 7.50. The Kier molecular flexibility index (Phi) is 2.81. The number of esters is 1. The Morgan fingerprint density at radius 1 is 1.21 bits per heavy atom. The zero-order chi connectivity index (χ0) is 13.8. The molecule has 0 aliphatic heterocycles. The summed E-state index contributed by atoms with van der Waals surface area (Å²) in [5.74, 6) is 1.60. The van der Waals surface area contributed by atoms with Gasteiger partial charge in [-0.25, -0.2) is 0 Å². The van der Waals surface area contributed by atoms with Crippen molar-refractivity contribution >= 4 is 11.8 Å². The summed E-state index contributed by atoms with van der Waals surface area (Å²) in [4.78, 5) is 24.0. The van der Waals surface area contributed by atoms with E-state index in [1.807, 2.05) is 20.8 Å². The zero-order valence-corrected chi connectivity index (χ0v) is 12.2. The van der Waals surface area contributed by atoms with Gasteiger partial charge in [-0.3, -0.25) is 9.59 Å². The lowest BCUT2D eigenvalue weighted by molar-refractivity contribution is -0.167. The molecule has 0 radical (unpaired) electrons. The van der Waals surface area contributed by atoms with Crippen molar-refractivity contribution in [1.82, 2.24) is 0 Å². The van der Waals surface area contributed by atoms with Crippen LogP contribution in [0.1, 0.15) is 52.9 Å². The van der Waals surface area contributed by atoms with Gasteiger partial charge in [0, 0.05) is 17.3 Å². The predicted octanol–water partition coefficient (Wildman–Crippen LogP) is 2.97. The maximum Gasteiger partial charge on any atom is 0.311 e. The summed E-state index contributed by atoms with van der Waals surface area (Å²) in [5.41, 5.74) is -0.316. The minimum absolute atomic E-state index is 0.116. The summed E-state index contributed by atoms with van der Waals surface area (Å²) < 4.78 is 5.58. The second-order valence-electron chi connectivity index (χ2n) is 8.07. The predicted molar refractivity (Wildman–Crippen MR) is 71.4 cm³/mol. The molecule has 0 aromatic carbocycles. The fourth-order valence-electron chi connectivity index (χ4n) is 4.52. The van der Waals surface area contributed by atoms with Crippen molar-refractivity contribution in [3.8, 4) is 0 Å². The van der Waals surface area contributed by atoms with Crippen LogP contribution in [0.4, 0.5) is 0 Å². The number of ketones is 1. The van der Waals surface area contributed by atoms with E-state index < -0.39 is 5.41 Å². The highest BCUT2D eigenvalue weighted by Crippen LogP contribution is 2.58. The van der Waals surface area contributed by atoms with Gasteiger partial charge >= 0.3 is 5.97 Å². The normalized spacial score (nSPS) is 40.6. The summed E-state index contributed by atoms with van der Waals surface area (Å²) in [5, 5.41) is 0. The Labute approximate surface area is 115 Å².